The van der Waals surface area contributed by atoms with Gasteiger partial charge in [-0.25, -0.2) is 4.39 Å². The predicted molar refractivity (Wildman–Crippen MR) is 98.9 cm³/mol. The van der Waals surface area contributed by atoms with Crippen molar-refractivity contribution in [2.24, 2.45) is 0 Å². The van der Waals surface area contributed by atoms with Crippen LogP contribution in [0.2, 0.25) is 0 Å². The highest BCUT2D eigenvalue weighted by atomic mass is 19.1. The molecule has 0 saturated carbocycles. The Kier molecular flexibility index (Phi) is 5.69. The van der Waals surface area contributed by atoms with Crippen molar-refractivity contribution in [2.75, 3.05) is 13.2 Å². The topological polar surface area (TPSA) is 47.6 Å². The van der Waals surface area contributed by atoms with E-state index in [1.807, 2.05) is 42.5 Å². The van der Waals surface area contributed by atoms with E-state index in [-0.39, 0.29) is 11.7 Å². The highest BCUT2D eigenvalue weighted by molar-refractivity contribution is 5.84. The van der Waals surface area contributed by atoms with E-state index >= 15 is 0 Å². The van der Waals surface area contributed by atoms with Gasteiger partial charge < -0.3 is 14.8 Å². The molecule has 0 aliphatic rings. The summed E-state index contributed by atoms with van der Waals surface area (Å²) in [6.45, 7) is 2.33. The first-order valence-electron chi connectivity index (χ1n) is 8.43. The van der Waals surface area contributed by atoms with Gasteiger partial charge in [-0.15, -0.1) is 0 Å². The van der Waals surface area contributed by atoms with Crippen LogP contribution in [0.3, 0.4) is 0 Å². The zero-order valence-electron chi connectivity index (χ0n) is 14.4. The Morgan fingerprint density at radius 2 is 1.69 bits per heavy atom. The number of ether oxygens (including phenoxy) is 2. The summed E-state index contributed by atoms with van der Waals surface area (Å²) < 4.78 is 24.0. The zero-order chi connectivity index (χ0) is 18.4. The van der Waals surface area contributed by atoms with Crippen LogP contribution in [-0.4, -0.2) is 25.2 Å². The lowest BCUT2D eigenvalue weighted by molar-refractivity contribution is -0.127. The summed E-state index contributed by atoms with van der Waals surface area (Å²) in [6.07, 6.45) is -0.623. The van der Waals surface area contributed by atoms with Crippen LogP contribution in [0.15, 0.2) is 66.7 Å². The number of amides is 1. The molecule has 1 atom stereocenters. The van der Waals surface area contributed by atoms with E-state index in [0.717, 1.165) is 10.8 Å². The number of hydrogen-bond donors (Lipinski definition) is 1. The molecular weight excluding hydrogens is 333 g/mol. The van der Waals surface area contributed by atoms with Gasteiger partial charge in [0.2, 0.25) is 0 Å². The van der Waals surface area contributed by atoms with Crippen molar-refractivity contribution in [3.8, 4) is 11.5 Å². The van der Waals surface area contributed by atoms with E-state index < -0.39 is 6.10 Å². The van der Waals surface area contributed by atoms with Crippen molar-refractivity contribution >= 4 is 16.7 Å². The fraction of sp³-hybridized carbons (Fsp3) is 0.190. The number of halogens is 1. The van der Waals surface area contributed by atoms with Crippen LogP contribution < -0.4 is 14.8 Å². The largest absolute Gasteiger partial charge is 0.492 e. The zero-order valence-corrected chi connectivity index (χ0v) is 14.4. The Morgan fingerprint density at radius 3 is 2.46 bits per heavy atom. The molecule has 0 radical (unpaired) electrons. The third-order valence-corrected chi connectivity index (χ3v) is 3.89. The van der Waals surface area contributed by atoms with Crippen molar-refractivity contribution in [1.29, 1.82) is 0 Å². The molecular formula is C21H20FNO3. The van der Waals surface area contributed by atoms with Crippen LogP contribution in [0.1, 0.15) is 6.92 Å². The summed E-state index contributed by atoms with van der Waals surface area (Å²) in [5.74, 6) is 0.668. The van der Waals surface area contributed by atoms with Crippen molar-refractivity contribution in [1.82, 2.24) is 5.32 Å². The third kappa shape index (κ3) is 4.72. The van der Waals surface area contributed by atoms with Gasteiger partial charge in [0, 0.05) is 0 Å². The molecule has 0 unspecified atom stereocenters. The maximum atomic E-state index is 12.8. The Balaban J connectivity index is 1.45. The van der Waals surface area contributed by atoms with Gasteiger partial charge in [0.05, 0.1) is 6.54 Å². The summed E-state index contributed by atoms with van der Waals surface area (Å²) >= 11 is 0. The van der Waals surface area contributed by atoms with Gasteiger partial charge in [-0.2, -0.15) is 0 Å². The summed E-state index contributed by atoms with van der Waals surface area (Å²) in [4.78, 5) is 12.1. The van der Waals surface area contributed by atoms with Crippen molar-refractivity contribution < 1.29 is 18.7 Å². The second-order valence-corrected chi connectivity index (χ2v) is 5.86. The Hall–Kier alpha value is -3.08. The molecule has 0 heterocycles. The molecule has 1 N–H and O–H groups in total. The van der Waals surface area contributed by atoms with Crippen LogP contribution >= 0.6 is 0 Å². The maximum Gasteiger partial charge on any atom is 0.260 e. The predicted octanol–water partition coefficient (Wildman–Crippen LogP) is 3.94. The molecule has 26 heavy (non-hydrogen) atoms. The minimum Gasteiger partial charge on any atom is -0.492 e. The fourth-order valence-electron chi connectivity index (χ4n) is 2.52. The fourth-order valence-corrected chi connectivity index (χ4v) is 2.52. The van der Waals surface area contributed by atoms with E-state index in [1.165, 1.54) is 12.1 Å². The average molecular weight is 353 g/mol. The molecule has 0 saturated heterocycles. The van der Waals surface area contributed by atoms with E-state index in [0.29, 0.717) is 24.7 Å². The van der Waals surface area contributed by atoms with Gasteiger partial charge in [-0.05, 0) is 54.1 Å². The number of benzene rings is 3. The van der Waals surface area contributed by atoms with Crippen LogP contribution in [-0.2, 0) is 4.79 Å². The van der Waals surface area contributed by atoms with Crippen LogP contribution in [0.5, 0.6) is 11.5 Å². The van der Waals surface area contributed by atoms with Gasteiger partial charge in [0.1, 0.15) is 23.9 Å². The number of carbonyl (C=O) groups excluding carboxylic acids is 1. The van der Waals surface area contributed by atoms with Crippen LogP contribution in [0, 0.1) is 5.82 Å². The Morgan fingerprint density at radius 1 is 1.00 bits per heavy atom. The number of rotatable bonds is 7. The molecule has 0 bridgehead atoms. The quantitative estimate of drug-likeness (QED) is 0.655. The molecule has 0 aliphatic carbocycles. The lowest BCUT2D eigenvalue weighted by Gasteiger charge is -2.15. The molecule has 3 aromatic carbocycles. The molecule has 5 heteroatoms. The number of hydrogen-bond acceptors (Lipinski definition) is 3. The van der Waals surface area contributed by atoms with Gasteiger partial charge in [-0.3, -0.25) is 4.79 Å². The molecule has 0 aliphatic heterocycles. The minimum atomic E-state index is -0.623. The number of carbonyl (C=O) groups is 1. The second kappa shape index (κ2) is 8.34. The number of fused-ring (bicyclic) bond motifs is 1. The monoisotopic (exact) mass is 353 g/mol. The molecule has 4 nitrogen and oxygen atoms in total. The highest BCUT2D eigenvalue weighted by Crippen LogP contribution is 2.21. The molecule has 3 rings (SSSR count). The van der Waals surface area contributed by atoms with E-state index in [9.17, 15) is 9.18 Å². The van der Waals surface area contributed by atoms with Crippen LogP contribution in [0.4, 0.5) is 4.39 Å². The smallest absolute Gasteiger partial charge is 0.260 e. The third-order valence-electron chi connectivity index (χ3n) is 3.89. The Bertz CT molecular complexity index is 880. The van der Waals surface area contributed by atoms with Crippen molar-refractivity contribution in [3.05, 3.63) is 72.5 Å². The lowest BCUT2D eigenvalue weighted by atomic mass is 10.1. The molecule has 3 aromatic rings. The Labute approximate surface area is 151 Å². The SMILES string of the molecule is C[C@@H](Oc1ccc2ccccc2c1)C(=O)NCCOc1ccc(F)cc1. The van der Waals surface area contributed by atoms with Gasteiger partial charge in [-0.1, -0.05) is 30.3 Å². The molecule has 0 spiro atoms. The molecule has 134 valence electrons. The first kappa shape index (κ1) is 17.7. The van der Waals surface area contributed by atoms with E-state index in [4.69, 9.17) is 9.47 Å². The van der Waals surface area contributed by atoms with Crippen LogP contribution in [0.25, 0.3) is 10.8 Å². The average Bonchev–Trinajstić information content (AvgIpc) is 2.66. The lowest BCUT2D eigenvalue weighted by Crippen LogP contribution is -2.38. The summed E-state index contributed by atoms with van der Waals surface area (Å²) in [7, 11) is 0. The highest BCUT2D eigenvalue weighted by Gasteiger charge is 2.14. The maximum absolute atomic E-state index is 12.8. The normalized spacial score (nSPS) is 11.8. The summed E-state index contributed by atoms with van der Waals surface area (Å²) in [5.41, 5.74) is 0. The van der Waals surface area contributed by atoms with E-state index in [2.05, 4.69) is 5.32 Å². The molecule has 0 fully saturated rings. The summed E-state index contributed by atoms with van der Waals surface area (Å²) in [6, 6.07) is 19.4. The van der Waals surface area contributed by atoms with E-state index in [1.54, 1.807) is 19.1 Å². The molecule has 0 aromatic heterocycles. The first-order valence-corrected chi connectivity index (χ1v) is 8.43. The van der Waals surface area contributed by atoms with Gasteiger partial charge >= 0.3 is 0 Å². The standard InChI is InChI=1S/C21H20FNO3/c1-15(26-20-9-6-16-4-2-3-5-17(16)14-20)21(24)23-12-13-25-19-10-7-18(22)8-11-19/h2-11,14-15H,12-13H2,1H3,(H,23,24)/t15-/m1/s1. The number of nitrogens with one attached hydrogen (secondary N) is 1. The van der Waals surface area contributed by atoms with Crippen molar-refractivity contribution in [2.45, 2.75) is 13.0 Å². The van der Waals surface area contributed by atoms with Gasteiger partial charge in [0.25, 0.3) is 5.91 Å². The second-order valence-electron chi connectivity index (χ2n) is 5.86. The summed E-state index contributed by atoms with van der Waals surface area (Å²) in [5, 5.41) is 4.94. The molecule has 1 amide bonds. The van der Waals surface area contributed by atoms with Crippen molar-refractivity contribution in [3.63, 3.8) is 0 Å². The van der Waals surface area contributed by atoms with Gasteiger partial charge in [0.15, 0.2) is 6.10 Å². The first-order chi connectivity index (χ1) is 12.6. The minimum absolute atomic E-state index is 0.221.